The van der Waals surface area contributed by atoms with Crippen LogP contribution in [0, 0.1) is 5.92 Å². The summed E-state index contributed by atoms with van der Waals surface area (Å²) in [5.74, 6) is 1.12. The molecule has 35 heavy (non-hydrogen) atoms. The van der Waals surface area contributed by atoms with Crippen molar-refractivity contribution in [1.82, 2.24) is 9.21 Å². The monoisotopic (exact) mass is 498 g/mol. The van der Waals surface area contributed by atoms with Crippen molar-refractivity contribution >= 4 is 15.9 Å². The molecule has 0 aromatic heterocycles. The molecular formula is C28H38N2O4S. The van der Waals surface area contributed by atoms with Crippen molar-refractivity contribution in [2.24, 2.45) is 5.92 Å². The topological polar surface area (TPSA) is 66.9 Å². The Balaban J connectivity index is 1.43. The second-order valence-corrected chi connectivity index (χ2v) is 11.7. The SMILES string of the molecule is CCOc1ccc(S(=O)(=O)N(CC(=O)N2CCC(Cc3ccccc3)CC2)C2CCCCC2)cc1. The number of hydrogen-bond donors (Lipinski definition) is 0. The van der Waals surface area contributed by atoms with Crippen LogP contribution in [0.25, 0.3) is 0 Å². The largest absolute Gasteiger partial charge is 0.494 e. The normalized spacial score (nSPS) is 18.1. The lowest BCUT2D eigenvalue weighted by Crippen LogP contribution is -2.49. The molecule has 0 N–H and O–H groups in total. The number of ether oxygens (including phenoxy) is 1. The van der Waals surface area contributed by atoms with Crippen LogP contribution in [0.2, 0.25) is 0 Å². The fraction of sp³-hybridized carbons (Fsp3) is 0.536. The van der Waals surface area contributed by atoms with Gasteiger partial charge in [-0.2, -0.15) is 4.31 Å². The summed E-state index contributed by atoms with van der Waals surface area (Å²) < 4.78 is 34.3. The standard InChI is InChI=1S/C28H38N2O4S/c1-2-34-26-13-15-27(16-14-26)35(32,33)30(25-11-7-4-8-12-25)22-28(31)29-19-17-24(18-20-29)21-23-9-5-3-6-10-23/h3,5-6,9-10,13-16,24-25H,2,4,7-8,11-12,17-22H2,1H3. The average Bonchev–Trinajstić information content (AvgIpc) is 2.89. The fourth-order valence-electron chi connectivity index (χ4n) is 5.36. The number of nitrogens with zero attached hydrogens (tertiary/aromatic N) is 2. The van der Waals surface area contributed by atoms with Gasteiger partial charge in [0.05, 0.1) is 18.0 Å². The third-order valence-electron chi connectivity index (χ3n) is 7.35. The van der Waals surface area contributed by atoms with Gasteiger partial charge in [0.15, 0.2) is 0 Å². The van der Waals surface area contributed by atoms with Crippen LogP contribution in [-0.4, -0.2) is 55.8 Å². The Morgan fingerprint density at radius 1 is 0.943 bits per heavy atom. The molecule has 1 saturated carbocycles. The minimum atomic E-state index is -3.79. The molecule has 0 spiro atoms. The molecule has 0 unspecified atom stereocenters. The van der Waals surface area contributed by atoms with Crippen molar-refractivity contribution in [2.45, 2.75) is 69.2 Å². The summed E-state index contributed by atoms with van der Waals surface area (Å²) >= 11 is 0. The number of likely N-dealkylation sites (tertiary alicyclic amines) is 1. The zero-order chi connectivity index (χ0) is 24.7. The molecule has 0 radical (unpaired) electrons. The molecule has 2 fully saturated rings. The number of piperidine rings is 1. The Kier molecular flexibility index (Phi) is 8.84. The summed E-state index contributed by atoms with van der Waals surface area (Å²) in [5, 5.41) is 0. The zero-order valence-electron chi connectivity index (χ0n) is 20.8. The number of carbonyl (C=O) groups excluding carboxylic acids is 1. The lowest BCUT2D eigenvalue weighted by molar-refractivity contribution is -0.133. The van der Waals surface area contributed by atoms with Crippen LogP contribution in [0.4, 0.5) is 0 Å². The van der Waals surface area contributed by atoms with Gasteiger partial charge in [0.25, 0.3) is 0 Å². The van der Waals surface area contributed by atoms with E-state index in [0.717, 1.165) is 51.4 Å². The highest BCUT2D eigenvalue weighted by Crippen LogP contribution is 2.29. The molecule has 0 bridgehead atoms. The molecule has 1 saturated heterocycles. The molecular weight excluding hydrogens is 460 g/mol. The maximum Gasteiger partial charge on any atom is 0.243 e. The highest BCUT2D eigenvalue weighted by Gasteiger charge is 2.35. The van der Waals surface area contributed by atoms with Gasteiger partial charge in [0.2, 0.25) is 15.9 Å². The van der Waals surface area contributed by atoms with E-state index in [9.17, 15) is 13.2 Å². The summed E-state index contributed by atoms with van der Waals surface area (Å²) in [6.07, 6.45) is 7.67. The second kappa shape index (κ2) is 12.0. The Labute approximate surface area is 210 Å². The molecule has 7 heteroatoms. The van der Waals surface area contributed by atoms with E-state index in [4.69, 9.17) is 4.74 Å². The molecule has 1 aliphatic heterocycles. The van der Waals surface area contributed by atoms with Gasteiger partial charge in [0, 0.05) is 19.1 Å². The Bertz CT molecular complexity index is 1040. The molecule has 0 atom stereocenters. The van der Waals surface area contributed by atoms with E-state index < -0.39 is 10.0 Å². The van der Waals surface area contributed by atoms with Gasteiger partial charge in [-0.05, 0) is 74.8 Å². The molecule has 2 aromatic carbocycles. The Morgan fingerprint density at radius 2 is 1.60 bits per heavy atom. The first-order valence-electron chi connectivity index (χ1n) is 13.0. The van der Waals surface area contributed by atoms with E-state index in [1.807, 2.05) is 17.9 Å². The third kappa shape index (κ3) is 6.64. The van der Waals surface area contributed by atoms with Crippen molar-refractivity contribution in [3.63, 3.8) is 0 Å². The van der Waals surface area contributed by atoms with E-state index in [0.29, 0.717) is 31.4 Å². The van der Waals surface area contributed by atoms with Crippen LogP contribution in [0.5, 0.6) is 5.75 Å². The van der Waals surface area contributed by atoms with Crippen LogP contribution in [0.15, 0.2) is 59.5 Å². The van der Waals surface area contributed by atoms with Crippen LogP contribution < -0.4 is 4.74 Å². The summed E-state index contributed by atoms with van der Waals surface area (Å²) in [6.45, 7) is 3.72. The summed E-state index contributed by atoms with van der Waals surface area (Å²) in [7, 11) is -3.79. The first kappa shape index (κ1) is 25.7. The minimum Gasteiger partial charge on any atom is -0.494 e. The lowest BCUT2D eigenvalue weighted by Gasteiger charge is -2.36. The second-order valence-electron chi connectivity index (χ2n) is 9.76. The van der Waals surface area contributed by atoms with E-state index in [1.54, 1.807) is 24.3 Å². The van der Waals surface area contributed by atoms with Gasteiger partial charge in [-0.3, -0.25) is 4.79 Å². The molecule has 4 rings (SSSR count). The number of benzene rings is 2. The van der Waals surface area contributed by atoms with E-state index in [1.165, 1.54) is 9.87 Å². The predicted molar refractivity (Wildman–Crippen MR) is 138 cm³/mol. The van der Waals surface area contributed by atoms with Gasteiger partial charge < -0.3 is 9.64 Å². The molecule has 1 amide bonds. The van der Waals surface area contributed by atoms with Crippen molar-refractivity contribution in [2.75, 3.05) is 26.2 Å². The number of amides is 1. The molecule has 1 aliphatic carbocycles. The first-order chi connectivity index (χ1) is 17.0. The number of hydrogen-bond acceptors (Lipinski definition) is 4. The summed E-state index contributed by atoms with van der Waals surface area (Å²) in [6, 6.07) is 16.9. The maximum atomic E-state index is 13.7. The van der Waals surface area contributed by atoms with Gasteiger partial charge >= 0.3 is 0 Å². The zero-order valence-corrected chi connectivity index (χ0v) is 21.6. The highest BCUT2D eigenvalue weighted by atomic mass is 32.2. The van der Waals surface area contributed by atoms with E-state index >= 15 is 0 Å². The van der Waals surface area contributed by atoms with Crippen molar-refractivity contribution in [3.8, 4) is 5.75 Å². The molecule has 2 aliphatic rings. The maximum absolute atomic E-state index is 13.7. The van der Waals surface area contributed by atoms with Crippen LogP contribution in [0.3, 0.4) is 0 Å². The molecule has 1 heterocycles. The molecule has 6 nitrogen and oxygen atoms in total. The smallest absolute Gasteiger partial charge is 0.243 e. The highest BCUT2D eigenvalue weighted by molar-refractivity contribution is 7.89. The lowest BCUT2D eigenvalue weighted by atomic mass is 9.90. The van der Waals surface area contributed by atoms with Crippen molar-refractivity contribution in [3.05, 3.63) is 60.2 Å². The van der Waals surface area contributed by atoms with Gasteiger partial charge in [-0.15, -0.1) is 0 Å². The van der Waals surface area contributed by atoms with Gasteiger partial charge in [-0.1, -0.05) is 49.6 Å². The van der Waals surface area contributed by atoms with Crippen LogP contribution >= 0.6 is 0 Å². The van der Waals surface area contributed by atoms with Gasteiger partial charge in [-0.25, -0.2) is 8.42 Å². The average molecular weight is 499 g/mol. The van der Waals surface area contributed by atoms with Crippen LogP contribution in [0.1, 0.15) is 57.4 Å². The molecule has 2 aromatic rings. The minimum absolute atomic E-state index is 0.0798. The Morgan fingerprint density at radius 3 is 2.23 bits per heavy atom. The van der Waals surface area contributed by atoms with Crippen LogP contribution in [-0.2, 0) is 21.2 Å². The Hall–Kier alpha value is -2.38. The van der Waals surface area contributed by atoms with E-state index in [-0.39, 0.29) is 23.4 Å². The van der Waals surface area contributed by atoms with Gasteiger partial charge in [0.1, 0.15) is 5.75 Å². The quantitative estimate of drug-likeness (QED) is 0.494. The number of rotatable bonds is 9. The summed E-state index contributed by atoms with van der Waals surface area (Å²) in [4.78, 5) is 15.4. The predicted octanol–water partition coefficient (Wildman–Crippen LogP) is 4.89. The van der Waals surface area contributed by atoms with E-state index in [2.05, 4.69) is 24.3 Å². The summed E-state index contributed by atoms with van der Waals surface area (Å²) in [5.41, 5.74) is 1.34. The first-order valence-corrected chi connectivity index (χ1v) is 14.5. The number of carbonyl (C=O) groups is 1. The van der Waals surface area contributed by atoms with Crippen molar-refractivity contribution < 1.29 is 17.9 Å². The fourth-order valence-corrected chi connectivity index (χ4v) is 6.99. The number of sulfonamides is 1. The van der Waals surface area contributed by atoms with Crippen molar-refractivity contribution in [1.29, 1.82) is 0 Å². The molecule has 190 valence electrons. The third-order valence-corrected chi connectivity index (χ3v) is 9.26.